The van der Waals surface area contributed by atoms with Gasteiger partial charge in [-0.2, -0.15) is 0 Å². The number of hydrogen-bond donors (Lipinski definition) is 3. The maximum atomic E-state index is 10.5. The van der Waals surface area contributed by atoms with Crippen molar-refractivity contribution in [2.45, 2.75) is 32.3 Å². The molecular formula is C8H14O5. The summed E-state index contributed by atoms with van der Waals surface area (Å²) in [6.45, 7) is 1.87. The van der Waals surface area contributed by atoms with Gasteiger partial charge in [0, 0.05) is 0 Å². The molecule has 5 heteroatoms. The molecule has 0 bridgehead atoms. The maximum absolute atomic E-state index is 10.5. The summed E-state index contributed by atoms with van der Waals surface area (Å²) < 4.78 is 0. The zero-order valence-electron chi connectivity index (χ0n) is 7.43. The zero-order chi connectivity index (χ0) is 10.4. The smallest absolute Gasteiger partial charge is 0.333 e. The maximum Gasteiger partial charge on any atom is 0.333 e. The highest BCUT2D eigenvalue weighted by atomic mass is 16.4. The minimum atomic E-state index is -1.80. The molecular weight excluding hydrogens is 176 g/mol. The number of aliphatic hydroxyl groups excluding tert-OH is 1. The molecule has 13 heavy (non-hydrogen) atoms. The Balaban J connectivity index is 4.24. The summed E-state index contributed by atoms with van der Waals surface area (Å²) in [5, 5.41) is 26.0. The summed E-state index contributed by atoms with van der Waals surface area (Å²) in [7, 11) is 0. The van der Waals surface area contributed by atoms with Gasteiger partial charge in [0.1, 0.15) is 0 Å². The molecule has 0 saturated heterocycles. The van der Waals surface area contributed by atoms with Crippen LogP contribution in [0.2, 0.25) is 0 Å². The first-order valence-corrected chi connectivity index (χ1v) is 4.14. The lowest BCUT2D eigenvalue weighted by molar-refractivity contribution is -0.159. The van der Waals surface area contributed by atoms with E-state index >= 15 is 0 Å². The molecule has 0 radical (unpaired) electrons. The molecule has 5 nitrogen and oxygen atoms in total. The Kier molecular flexibility index (Phi) is 5.06. The third-order valence-corrected chi connectivity index (χ3v) is 1.82. The van der Waals surface area contributed by atoms with Gasteiger partial charge in [0.2, 0.25) is 0 Å². The van der Waals surface area contributed by atoms with Crippen LogP contribution in [0.1, 0.15) is 26.2 Å². The van der Waals surface area contributed by atoms with Crippen LogP contribution in [-0.4, -0.2) is 33.4 Å². The summed E-state index contributed by atoms with van der Waals surface area (Å²) in [6.07, 6.45) is -0.236. The van der Waals surface area contributed by atoms with E-state index in [4.69, 9.17) is 15.3 Å². The van der Waals surface area contributed by atoms with Crippen molar-refractivity contribution in [3.05, 3.63) is 0 Å². The van der Waals surface area contributed by atoms with E-state index in [2.05, 4.69) is 0 Å². The van der Waals surface area contributed by atoms with Crippen molar-refractivity contribution in [1.82, 2.24) is 0 Å². The van der Waals surface area contributed by atoms with Crippen LogP contribution in [0, 0.1) is 5.92 Å². The largest absolute Gasteiger partial charge is 0.481 e. The molecule has 76 valence electrons. The first-order chi connectivity index (χ1) is 6.00. The van der Waals surface area contributed by atoms with Gasteiger partial charge < -0.3 is 15.3 Å². The normalized spacial score (nSPS) is 14.9. The second-order valence-corrected chi connectivity index (χ2v) is 2.87. The average molecular weight is 190 g/mol. The van der Waals surface area contributed by atoms with Gasteiger partial charge in [0.15, 0.2) is 6.10 Å². The molecule has 0 saturated carbocycles. The molecule has 0 aromatic rings. The molecule has 0 aliphatic carbocycles. The minimum absolute atomic E-state index is 0.194. The topological polar surface area (TPSA) is 94.8 Å². The fourth-order valence-corrected chi connectivity index (χ4v) is 1.01. The number of carbonyl (C=O) groups is 2. The Hall–Kier alpha value is -1.10. The van der Waals surface area contributed by atoms with E-state index in [-0.39, 0.29) is 6.42 Å². The van der Waals surface area contributed by atoms with E-state index in [0.717, 1.165) is 6.42 Å². The van der Waals surface area contributed by atoms with Gasteiger partial charge in [-0.3, -0.25) is 4.79 Å². The molecule has 0 aliphatic rings. The molecule has 0 aromatic heterocycles. The van der Waals surface area contributed by atoms with Crippen molar-refractivity contribution in [3.8, 4) is 0 Å². The van der Waals surface area contributed by atoms with Crippen LogP contribution in [-0.2, 0) is 9.59 Å². The SMILES string of the molecule is CCCC[C@H](C(=O)O)[C@H](O)C(=O)O. The van der Waals surface area contributed by atoms with Crippen LogP contribution in [0.5, 0.6) is 0 Å². The van der Waals surface area contributed by atoms with Crippen LogP contribution >= 0.6 is 0 Å². The first-order valence-electron chi connectivity index (χ1n) is 4.14. The summed E-state index contributed by atoms with van der Waals surface area (Å²) in [6, 6.07) is 0. The van der Waals surface area contributed by atoms with E-state index < -0.39 is 24.0 Å². The van der Waals surface area contributed by atoms with Crippen molar-refractivity contribution >= 4 is 11.9 Å². The van der Waals surface area contributed by atoms with Crippen molar-refractivity contribution in [2.24, 2.45) is 5.92 Å². The zero-order valence-corrected chi connectivity index (χ0v) is 7.43. The Morgan fingerprint density at radius 1 is 1.23 bits per heavy atom. The highest BCUT2D eigenvalue weighted by Crippen LogP contribution is 2.13. The van der Waals surface area contributed by atoms with Crippen LogP contribution in [0.4, 0.5) is 0 Å². The molecule has 0 fully saturated rings. The molecule has 0 spiro atoms. The van der Waals surface area contributed by atoms with Gasteiger partial charge in [-0.25, -0.2) is 4.79 Å². The van der Waals surface area contributed by atoms with Gasteiger partial charge in [-0.05, 0) is 6.42 Å². The lowest BCUT2D eigenvalue weighted by Gasteiger charge is -2.14. The van der Waals surface area contributed by atoms with Gasteiger partial charge in [0.25, 0.3) is 0 Å². The fourth-order valence-electron chi connectivity index (χ4n) is 1.01. The summed E-state index contributed by atoms with van der Waals surface area (Å²) >= 11 is 0. The van der Waals surface area contributed by atoms with Crippen molar-refractivity contribution in [1.29, 1.82) is 0 Å². The van der Waals surface area contributed by atoms with Gasteiger partial charge in [-0.15, -0.1) is 0 Å². The number of aliphatic carboxylic acids is 2. The van der Waals surface area contributed by atoms with E-state index in [0.29, 0.717) is 6.42 Å². The van der Waals surface area contributed by atoms with Crippen molar-refractivity contribution in [2.75, 3.05) is 0 Å². The second-order valence-electron chi connectivity index (χ2n) is 2.87. The van der Waals surface area contributed by atoms with Gasteiger partial charge >= 0.3 is 11.9 Å². The highest BCUT2D eigenvalue weighted by molar-refractivity contribution is 5.81. The number of carboxylic acids is 2. The van der Waals surface area contributed by atoms with Gasteiger partial charge in [-0.1, -0.05) is 19.8 Å². The Morgan fingerprint density at radius 3 is 2.08 bits per heavy atom. The Bertz CT molecular complexity index is 189. The summed E-state index contributed by atoms with van der Waals surface area (Å²) in [5.41, 5.74) is 0. The third kappa shape index (κ3) is 3.89. The van der Waals surface area contributed by atoms with Gasteiger partial charge in [0.05, 0.1) is 5.92 Å². The number of hydrogen-bond acceptors (Lipinski definition) is 3. The molecule has 2 atom stereocenters. The molecule has 0 aromatic carbocycles. The standard InChI is InChI=1S/C8H14O5/c1-2-3-4-5(7(10)11)6(9)8(12)13/h5-6,9H,2-4H2,1H3,(H,10,11)(H,12,13)/t5-,6-/m0/s1. The molecule has 0 rings (SSSR count). The molecule has 0 heterocycles. The fraction of sp³-hybridized carbons (Fsp3) is 0.750. The second kappa shape index (κ2) is 5.53. The van der Waals surface area contributed by atoms with E-state index in [1.165, 1.54) is 0 Å². The Morgan fingerprint density at radius 2 is 1.77 bits per heavy atom. The molecule has 0 unspecified atom stereocenters. The number of aliphatic hydroxyl groups is 1. The highest BCUT2D eigenvalue weighted by Gasteiger charge is 2.30. The summed E-state index contributed by atoms with van der Waals surface area (Å²) in [4.78, 5) is 20.8. The van der Waals surface area contributed by atoms with E-state index in [9.17, 15) is 9.59 Å². The van der Waals surface area contributed by atoms with Crippen LogP contribution in [0.25, 0.3) is 0 Å². The monoisotopic (exact) mass is 190 g/mol. The lowest BCUT2D eigenvalue weighted by Crippen LogP contribution is -2.34. The Labute approximate surface area is 76.0 Å². The lowest BCUT2D eigenvalue weighted by atomic mass is 9.96. The average Bonchev–Trinajstić information content (AvgIpc) is 2.04. The predicted molar refractivity (Wildman–Crippen MR) is 44.3 cm³/mol. The number of rotatable bonds is 6. The van der Waals surface area contributed by atoms with Crippen LogP contribution in [0.3, 0.4) is 0 Å². The summed E-state index contributed by atoms with van der Waals surface area (Å²) in [5.74, 6) is -3.94. The van der Waals surface area contributed by atoms with E-state index in [1.54, 1.807) is 0 Å². The third-order valence-electron chi connectivity index (χ3n) is 1.82. The minimum Gasteiger partial charge on any atom is -0.481 e. The van der Waals surface area contributed by atoms with Crippen molar-refractivity contribution < 1.29 is 24.9 Å². The number of carboxylic acid groups (broad SMARTS) is 2. The van der Waals surface area contributed by atoms with E-state index in [1.807, 2.05) is 6.92 Å². The predicted octanol–water partition coefficient (Wildman–Crippen LogP) is 0.323. The first kappa shape index (κ1) is 11.9. The van der Waals surface area contributed by atoms with Crippen LogP contribution in [0.15, 0.2) is 0 Å². The van der Waals surface area contributed by atoms with Crippen LogP contribution < -0.4 is 0 Å². The molecule has 0 aliphatic heterocycles. The molecule has 0 amide bonds. The number of unbranched alkanes of at least 4 members (excludes halogenated alkanes) is 1. The molecule has 3 N–H and O–H groups in total. The van der Waals surface area contributed by atoms with Crippen molar-refractivity contribution in [3.63, 3.8) is 0 Å². The quantitative estimate of drug-likeness (QED) is 0.560.